The summed E-state index contributed by atoms with van der Waals surface area (Å²) in [5.74, 6) is 1.21. The summed E-state index contributed by atoms with van der Waals surface area (Å²) in [6.45, 7) is 6.31. The van der Waals surface area contributed by atoms with Crippen molar-refractivity contribution in [2.24, 2.45) is 0 Å². The van der Waals surface area contributed by atoms with Crippen LogP contribution in [0.25, 0.3) is 16.8 Å². The van der Waals surface area contributed by atoms with E-state index in [-0.39, 0.29) is 0 Å². The minimum Gasteiger partial charge on any atom is -0.356 e. The zero-order valence-corrected chi connectivity index (χ0v) is 17.2. The predicted molar refractivity (Wildman–Crippen MR) is 113 cm³/mol. The van der Waals surface area contributed by atoms with Crippen LogP contribution in [-0.4, -0.2) is 52.5 Å². The van der Waals surface area contributed by atoms with Crippen LogP contribution in [0.2, 0.25) is 0 Å². The molecular formula is C22H28N6. The number of imidazole rings is 1. The van der Waals surface area contributed by atoms with E-state index in [4.69, 9.17) is 4.98 Å². The van der Waals surface area contributed by atoms with Crippen molar-refractivity contribution < 1.29 is 0 Å². The average molecular weight is 377 g/mol. The van der Waals surface area contributed by atoms with Gasteiger partial charge in [-0.05, 0) is 63.5 Å². The molecule has 0 aliphatic carbocycles. The van der Waals surface area contributed by atoms with Gasteiger partial charge in [-0.3, -0.25) is 4.40 Å². The SMILES string of the molecule is CCCCc1c(C)c(C#N)c2nc3ncccc3n2c1N1CC[C@H](N(C)C)C1. The second-order valence-corrected chi connectivity index (χ2v) is 7.99. The molecule has 0 aromatic carbocycles. The average Bonchev–Trinajstić information content (AvgIpc) is 3.31. The van der Waals surface area contributed by atoms with Crippen molar-refractivity contribution in [3.63, 3.8) is 0 Å². The molecule has 28 heavy (non-hydrogen) atoms. The van der Waals surface area contributed by atoms with Crippen LogP contribution in [-0.2, 0) is 6.42 Å². The quantitative estimate of drug-likeness (QED) is 0.681. The summed E-state index contributed by atoms with van der Waals surface area (Å²) in [6, 6.07) is 6.97. The lowest BCUT2D eigenvalue weighted by Crippen LogP contribution is -2.32. The maximum absolute atomic E-state index is 9.92. The van der Waals surface area contributed by atoms with Gasteiger partial charge >= 0.3 is 0 Å². The van der Waals surface area contributed by atoms with Gasteiger partial charge in [-0.2, -0.15) is 5.26 Å². The summed E-state index contributed by atoms with van der Waals surface area (Å²) in [7, 11) is 4.31. The fraction of sp³-hybridized carbons (Fsp3) is 0.500. The zero-order valence-electron chi connectivity index (χ0n) is 17.2. The summed E-state index contributed by atoms with van der Waals surface area (Å²) in [5.41, 5.74) is 5.45. The lowest BCUT2D eigenvalue weighted by molar-refractivity contribution is 0.315. The first kappa shape index (κ1) is 18.7. The van der Waals surface area contributed by atoms with Gasteiger partial charge in [0.1, 0.15) is 11.9 Å². The van der Waals surface area contributed by atoms with Crippen LogP contribution in [0.15, 0.2) is 18.3 Å². The summed E-state index contributed by atoms with van der Waals surface area (Å²) in [4.78, 5) is 14.0. The van der Waals surface area contributed by atoms with Crippen LogP contribution in [0.4, 0.5) is 5.82 Å². The second kappa shape index (κ2) is 7.40. The molecule has 0 saturated carbocycles. The smallest absolute Gasteiger partial charge is 0.178 e. The van der Waals surface area contributed by atoms with Gasteiger partial charge in [-0.25, -0.2) is 9.97 Å². The summed E-state index contributed by atoms with van der Waals surface area (Å²) < 4.78 is 2.19. The van der Waals surface area contributed by atoms with E-state index in [0.717, 1.165) is 55.5 Å². The van der Waals surface area contributed by atoms with Crippen LogP contribution >= 0.6 is 0 Å². The van der Waals surface area contributed by atoms with Gasteiger partial charge < -0.3 is 9.80 Å². The monoisotopic (exact) mass is 376 g/mol. The van der Waals surface area contributed by atoms with Crippen molar-refractivity contribution in [2.45, 2.75) is 45.6 Å². The molecule has 6 nitrogen and oxygen atoms in total. The van der Waals surface area contributed by atoms with Crippen molar-refractivity contribution in [3.8, 4) is 6.07 Å². The van der Waals surface area contributed by atoms with Gasteiger partial charge in [0, 0.05) is 25.3 Å². The predicted octanol–water partition coefficient (Wildman–Crippen LogP) is 3.55. The van der Waals surface area contributed by atoms with Gasteiger partial charge in [-0.15, -0.1) is 0 Å². The first-order chi connectivity index (χ1) is 13.6. The van der Waals surface area contributed by atoms with Crippen molar-refractivity contribution >= 4 is 22.6 Å². The Morgan fingerprint density at radius 2 is 2.18 bits per heavy atom. The number of unbranched alkanes of at least 4 members (excludes halogenated alkanes) is 1. The number of hydrogen-bond acceptors (Lipinski definition) is 5. The molecule has 1 fully saturated rings. The molecule has 0 amide bonds. The molecule has 3 aromatic rings. The van der Waals surface area contributed by atoms with E-state index in [2.05, 4.69) is 59.3 Å². The van der Waals surface area contributed by atoms with E-state index in [1.54, 1.807) is 6.20 Å². The third-order valence-corrected chi connectivity index (χ3v) is 6.05. The Labute approximate surface area is 166 Å². The molecule has 1 saturated heterocycles. The van der Waals surface area contributed by atoms with Crippen LogP contribution in [0, 0.1) is 18.3 Å². The van der Waals surface area contributed by atoms with E-state index in [1.807, 2.05) is 6.07 Å². The van der Waals surface area contributed by atoms with Gasteiger partial charge in [0.15, 0.2) is 11.3 Å². The van der Waals surface area contributed by atoms with E-state index >= 15 is 0 Å². The fourth-order valence-corrected chi connectivity index (χ4v) is 4.39. The van der Waals surface area contributed by atoms with E-state index < -0.39 is 0 Å². The number of anilines is 1. The largest absolute Gasteiger partial charge is 0.356 e. The summed E-state index contributed by atoms with van der Waals surface area (Å²) >= 11 is 0. The Morgan fingerprint density at radius 1 is 1.36 bits per heavy atom. The normalized spacial score (nSPS) is 17.1. The standard InChI is InChI=1S/C22H28N6/c1-5-6-8-17-15(2)18(13-23)21-25-20-19(9-7-11-24-20)28(21)22(17)27-12-10-16(14-27)26(3)4/h7,9,11,16H,5-6,8,10,12,14H2,1-4H3/t16-/m0/s1. The highest BCUT2D eigenvalue weighted by molar-refractivity contribution is 5.84. The number of nitrogens with zero attached hydrogens (tertiary/aromatic N) is 6. The lowest BCUT2D eigenvalue weighted by atomic mass is 9.99. The number of aromatic nitrogens is 3. The minimum absolute atomic E-state index is 0.540. The molecule has 4 rings (SSSR count). The van der Waals surface area contributed by atoms with E-state index in [1.165, 1.54) is 11.4 Å². The number of fused-ring (bicyclic) bond motifs is 3. The molecule has 0 N–H and O–H groups in total. The molecule has 1 aliphatic rings. The highest BCUT2D eigenvalue weighted by Gasteiger charge is 2.30. The number of likely N-dealkylation sites (N-methyl/N-ethyl adjacent to an activating group) is 1. The number of hydrogen-bond donors (Lipinski definition) is 0. The summed E-state index contributed by atoms with van der Waals surface area (Å²) in [6.07, 6.45) is 6.13. The van der Waals surface area contributed by atoms with E-state index in [9.17, 15) is 5.26 Å². The summed E-state index contributed by atoms with van der Waals surface area (Å²) in [5, 5.41) is 9.92. The first-order valence-corrected chi connectivity index (χ1v) is 10.2. The van der Waals surface area contributed by atoms with E-state index in [0.29, 0.717) is 17.3 Å². The Balaban J connectivity index is 2.03. The fourth-order valence-electron chi connectivity index (χ4n) is 4.39. The second-order valence-electron chi connectivity index (χ2n) is 7.99. The Bertz CT molecular complexity index is 1060. The molecular weight excluding hydrogens is 348 g/mol. The molecule has 0 unspecified atom stereocenters. The Hall–Kier alpha value is -2.65. The minimum atomic E-state index is 0.540. The highest BCUT2D eigenvalue weighted by Crippen LogP contribution is 2.35. The first-order valence-electron chi connectivity index (χ1n) is 10.2. The molecule has 3 aromatic heterocycles. The van der Waals surface area contributed by atoms with Crippen LogP contribution < -0.4 is 4.90 Å². The topological polar surface area (TPSA) is 60.5 Å². The molecule has 1 aliphatic heterocycles. The van der Waals surface area contributed by atoms with Crippen LogP contribution in [0.3, 0.4) is 0 Å². The number of nitriles is 1. The Morgan fingerprint density at radius 3 is 2.86 bits per heavy atom. The Kier molecular flexibility index (Phi) is 4.94. The molecule has 0 bridgehead atoms. The van der Waals surface area contributed by atoms with Crippen molar-refractivity contribution in [3.05, 3.63) is 35.0 Å². The number of pyridine rings is 2. The van der Waals surface area contributed by atoms with Crippen molar-refractivity contribution in [1.82, 2.24) is 19.3 Å². The van der Waals surface area contributed by atoms with Gasteiger partial charge in [0.25, 0.3) is 0 Å². The van der Waals surface area contributed by atoms with Crippen molar-refractivity contribution in [1.29, 1.82) is 5.26 Å². The molecule has 4 heterocycles. The maximum Gasteiger partial charge on any atom is 0.178 e. The molecule has 1 atom stereocenters. The molecule has 6 heteroatoms. The number of rotatable bonds is 5. The molecule has 0 radical (unpaired) electrons. The maximum atomic E-state index is 9.92. The molecule has 0 spiro atoms. The van der Waals surface area contributed by atoms with Gasteiger partial charge in [0.05, 0.1) is 11.1 Å². The third-order valence-electron chi connectivity index (χ3n) is 6.05. The third kappa shape index (κ3) is 2.91. The van der Waals surface area contributed by atoms with Crippen molar-refractivity contribution in [2.75, 3.05) is 32.1 Å². The van der Waals surface area contributed by atoms with Gasteiger partial charge in [-0.1, -0.05) is 13.3 Å². The van der Waals surface area contributed by atoms with Crippen LogP contribution in [0.1, 0.15) is 42.9 Å². The highest BCUT2D eigenvalue weighted by atomic mass is 15.3. The molecule has 146 valence electrons. The van der Waals surface area contributed by atoms with Crippen LogP contribution in [0.5, 0.6) is 0 Å². The zero-order chi connectivity index (χ0) is 19.8. The lowest BCUT2D eigenvalue weighted by Gasteiger charge is -2.27. The van der Waals surface area contributed by atoms with Gasteiger partial charge in [0.2, 0.25) is 0 Å².